The maximum Gasteiger partial charge on any atom is 0.573 e. The van der Waals surface area contributed by atoms with E-state index in [1.54, 1.807) is 11.8 Å². The van der Waals surface area contributed by atoms with Crippen LogP contribution in [0.5, 0.6) is 5.75 Å². The minimum absolute atomic E-state index is 0.307. The molecule has 0 radical (unpaired) electrons. The number of benzene rings is 3. The first-order valence-electron chi connectivity index (χ1n) is 15.1. The van der Waals surface area contributed by atoms with Crippen molar-refractivity contribution in [3.8, 4) is 22.8 Å². The molecule has 1 aromatic heterocycles. The van der Waals surface area contributed by atoms with Gasteiger partial charge in [-0.15, -0.1) is 18.3 Å². The number of allylic oxidation sites excluding steroid dienone is 2. The Labute approximate surface area is 269 Å². The van der Waals surface area contributed by atoms with Crippen molar-refractivity contribution >= 4 is 34.2 Å². The fourth-order valence-electron chi connectivity index (χ4n) is 5.95. The van der Waals surface area contributed by atoms with Gasteiger partial charge in [-0.1, -0.05) is 62.0 Å². The fourth-order valence-corrected chi connectivity index (χ4v) is 6.90. The number of nitrogens with one attached hydrogen (secondary N) is 1. The van der Waals surface area contributed by atoms with Gasteiger partial charge in [0, 0.05) is 29.2 Å². The minimum Gasteiger partial charge on any atom is -0.406 e. The van der Waals surface area contributed by atoms with Gasteiger partial charge in [-0.25, -0.2) is 14.5 Å². The van der Waals surface area contributed by atoms with Crippen LogP contribution >= 0.6 is 11.8 Å². The minimum atomic E-state index is -4.75. The molecule has 1 aliphatic heterocycles. The van der Waals surface area contributed by atoms with Gasteiger partial charge in [0.05, 0.1) is 5.69 Å². The van der Waals surface area contributed by atoms with Crippen LogP contribution in [0, 0.1) is 6.92 Å². The van der Waals surface area contributed by atoms with Gasteiger partial charge in [0.25, 0.3) is 0 Å². The Hall–Kier alpha value is -4.58. The number of rotatable bonds is 7. The lowest BCUT2D eigenvalue weighted by Gasteiger charge is -2.24. The van der Waals surface area contributed by atoms with Crippen LogP contribution < -0.4 is 15.0 Å². The number of halogens is 3. The molecule has 0 unspecified atom stereocenters. The first kappa shape index (κ1) is 31.4. The summed E-state index contributed by atoms with van der Waals surface area (Å²) in [6.07, 6.45) is -0.708. The quantitative estimate of drug-likeness (QED) is 0.217. The highest BCUT2D eigenvalue weighted by atomic mass is 32.2. The highest BCUT2D eigenvalue weighted by molar-refractivity contribution is 8.14. The largest absolute Gasteiger partial charge is 0.573 e. The summed E-state index contributed by atoms with van der Waals surface area (Å²) in [7, 11) is 0. The number of alkyl halides is 3. The molecule has 6 rings (SSSR count). The van der Waals surface area contributed by atoms with Crippen LogP contribution in [-0.4, -0.2) is 44.6 Å². The number of thioether (sulfide) groups is 1. The van der Waals surface area contributed by atoms with Crippen molar-refractivity contribution in [1.82, 2.24) is 20.1 Å². The van der Waals surface area contributed by atoms with Crippen molar-refractivity contribution in [3.63, 3.8) is 0 Å². The summed E-state index contributed by atoms with van der Waals surface area (Å²) in [5.41, 5.74) is 7.91. The van der Waals surface area contributed by atoms with Crippen LogP contribution in [-0.2, 0) is 0 Å². The Morgan fingerprint density at radius 2 is 1.76 bits per heavy atom. The molecule has 1 aliphatic carbocycles. The number of nitrogens with zero attached hydrogens (tertiary/aromatic N) is 5. The van der Waals surface area contributed by atoms with Crippen LogP contribution in [0.25, 0.3) is 22.6 Å². The molecule has 238 valence electrons. The molecule has 1 fully saturated rings. The molecule has 0 spiro atoms. The third-order valence-corrected chi connectivity index (χ3v) is 8.89. The predicted octanol–water partition coefficient (Wildman–Crippen LogP) is 8.48. The molecule has 8 nitrogen and oxygen atoms in total. The molecule has 1 N–H and O–H groups in total. The van der Waals surface area contributed by atoms with Gasteiger partial charge in [0.2, 0.25) is 0 Å². The molecule has 1 saturated heterocycles. The lowest BCUT2D eigenvalue weighted by Crippen LogP contribution is -2.28. The average Bonchev–Trinajstić information content (AvgIpc) is 3.78. The van der Waals surface area contributed by atoms with E-state index in [1.807, 2.05) is 24.3 Å². The number of carbonyl (C=O) groups excluding carboxylic acids is 1. The number of ether oxygens (including phenoxy) is 1. The molecule has 2 aliphatic rings. The molecule has 3 aromatic carbocycles. The molecule has 0 saturated carbocycles. The normalized spacial score (nSPS) is 16.2. The highest BCUT2D eigenvalue weighted by Crippen LogP contribution is 2.36. The van der Waals surface area contributed by atoms with Crippen LogP contribution in [0.2, 0.25) is 0 Å². The zero-order chi connectivity index (χ0) is 32.4. The van der Waals surface area contributed by atoms with Gasteiger partial charge in [-0.05, 0) is 84.7 Å². The maximum atomic E-state index is 13.2. The summed E-state index contributed by atoms with van der Waals surface area (Å²) in [6.45, 7) is 7.30. The maximum absolute atomic E-state index is 13.2. The Morgan fingerprint density at radius 3 is 2.48 bits per heavy atom. The Balaban J connectivity index is 1.15. The third-order valence-electron chi connectivity index (χ3n) is 7.94. The Morgan fingerprint density at radius 1 is 1.02 bits per heavy atom. The van der Waals surface area contributed by atoms with E-state index in [4.69, 9.17) is 0 Å². The number of aryl methyl sites for hydroxylation is 1. The van der Waals surface area contributed by atoms with E-state index in [2.05, 4.69) is 69.0 Å². The van der Waals surface area contributed by atoms with Crippen molar-refractivity contribution in [1.29, 1.82) is 0 Å². The number of hydrogen-bond donors (Lipinski definition) is 1. The van der Waals surface area contributed by atoms with Gasteiger partial charge < -0.3 is 15.0 Å². The number of hydrogen-bond acceptors (Lipinski definition) is 5. The van der Waals surface area contributed by atoms with E-state index >= 15 is 0 Å². The number of amides is 2. The standard InChI is InChI=1S/C34H33F3N6O2S/c1-21(2)30-22(3)6-4-9-29(30)42-18-19-46-33(42)40-32(44)39-28-8-5-7-27(28)23-10-12-24(13-11-23)31-38-20-43(41-31)25-14-16-26(17-15-25)45-34(35,36)37/h4,6,9-17,20-21H,5,7-8,18-19H2,1-3H3,(H,39,44)/b40-33-. The SMILES string of the molecule is Cc1cccc(N2CCS/C2=N\C(=O)NC2=C(c3ccc(-c4ncn(-c5ccc(OC(F)(F)F)cc5)n4)cc3)CCC2)c1C(C)C. The number of aliphatic imine (C=N–C) groups is 1. The summed E-state index contributed by atoms with van der Waals surface area (Å²) in [5, 5.41) is 8.27. The summed E-state index contributed by atoms with van der Waals surface area (Å²) < 4.78 is 42.8. The van der Waals surface area contributed by atoms with E-state index < -0.39 is 6.36 Å². The molecule has 12 heteroatoms. The van der Waals surface area contributed by atoms with Gasteiger partial charge in [0.1, 0.15) is 12.1 Å². The van der Waals surface area contributed by atoms with Crippen LogP contribution in [0.4, 0.5) is 23.7 Å². The van der Waals surface area contributed by atoms with Crippen molar-refractivity contribution < 1.29 is 22.7 Å². The summed E-state index contributed by atoms with van der Waals surface area (Å²) in [6, 6.07) is 19.1. The average molecular weight is 647 g/mol. The summed E-state index contributed by atoms with van der Waals surface area (Å²) >= 11 is 1.60. The predicted molar refractivity (Wildman–Crippen MR) is 175 cm³/mol. The molecule has 4 aromatic rings. The fraction of sp³-hybridized carbons (Fsp3) is 0.294. The molecular weight excluding hydrogens is 613 g/mol. The summed E-state index contributed by atoms with van der Waals surface area (Å²) in [4.78, 5) is 24.2. The molecule has 2 heterocycles. The van der Waals surface area contributed by atoms with E-state index in [9.17, 15) is 18.0 Å². The van der Waals surface area contributed by atoms with Crippen molar-refractivity contribution in [2.75, 3.05) is 17.2 Å². The van der Waals surface area contributed by atoms with E-state index in [1.165, 1.54) is 46.4 Å². The Kier molecular flexibility index (Phi) is 8.90. The first-order valence-corrected chi connectivity index (χ1v) is 16.0. The third kappa shape index (κ3) is 6.96. The first-order chi connectivity index (χ1) is 22.1. The molecule has 0 bridgehead atoms. The van der Waals surface area contributed by atoms with Crippen molar-refractivity contribution in [3.05, 3.63) is 95.4 Å². The van der Waals surface area contributed by atoms with Gasteiger partial charge in [-0.3, -0.25) is 0 Å². The summed E-state index contributed by atoms with van der Waals surface area (Å²) in [5.74, 6) is 1.38. The zero-order valence-electron chi connectivity index (χ0n) is 25.6. The van der Waals surface area contributed by atoms with Crippen LogP contribution in [0.1, 0.15) is 55.7 Å². The second-order valence-corrected chi connectivity index (χ2v) is 12.5. The smallest absolute Gasteiger partial charge is 0.406 e. The second-order valence-electron chi connectivity index (χ2n) is 11.4. The van der Waals surface area contributed by atoms with Gasteiger partial charge >= 0.3 is 12.4 Å². The lowest BCUT2D eigenvalue weighted by molar-refractivity contribution is -0.274. The molecule has 2 amide bonds. The topological polar surface area (TPSA) is 84.6 Å². The highest BCUT2D eigenvalue weighted by Gasteiger charge is 2.31. The lowest BCUT2D eigenvalue weighted by atomic mass is 9.95. The molecule has 0 atom stereocenters. The number of anilines is 1. The number of urea groups is 1. The molecular formula is C34H33F3N6O2S. The van der Waals surface area contributed by atoms with Crippen molar-refractivity contribution in [2.45, 2.75) is 52.3 Å². The van der Waals surface area contributed by atoms with E-state index in [0.717, 1.165) is 59.6 Å². The van der Waals surface area contributed by atoms with E-state index in [0.29, 0.717) is 22.6 Å². The second kappa shape index (κ2) is 13.0. The van der Waals surface area contributed by atoms with Gasteiger partial charge in [-0.2, -0.15) is 4.99 Å². The number of carbonyl (C=O) groups is 1. The number of amidine groups is 1. The van der Waals surface area contributed by atoms with Crippen LogP contribution in [0.3, 0.4) is 0 Å². The van der Waals surface area contributed by atoms with Crippen molar-refractivity contribution in [2.24, 2.45) is 4.99 Å². The monoisotopic (exact) mass is 646 g/mol. The Bertz CT molecular complexity index is 1800. The van der Waals surface area contributed by atoms with Crippen LogP contribution in [0.15, 0.2) is 83.7 Å². The van der Waals surface area contributed by atoms with E-state index in [-0.39, 0.29) is 11.8 Å². The van der Waals surface area contributed by atoms with Gasteiger partial charge in [0.15, 0.2) is 11.0 Å². The zero-order valence-corrected chi connectivity index (χ0v) is 26.5. The molecule has 46 heavy (non-hydrogen) atoms. The number of aromatic nitrogens is 3.